The van der Waals surface area contributed by atoms with Crippen LogP contribution in [-0.2, 0) is 11.3 Å². The quantitative estimate of drug-likeness (QED) is 0.844. The second-order valence-corrected chi connectivity index (χ2v) is 6.31. The summed E-state index contributed by atoms with van der Waals surface area (Å²) in [5.74, 6) is -1.85. The third-order valence-electron chi connectivity index (χ3n) is 3.58. The Bertz CT molecular complexity index is 875. The lowest BCUT2D eigenvalue weighted by Crippen LogP contribution is -2.27. The Hall–Kier alpha value is -2.93. The molecule has 0 saturated carbocycles. The molecule has 0 aliphatic carbocycles. The molecule has 3 rings (SSSR count). The summed E-state index contributed by atoms with van der Waals surface area (Å²) < 4.78 is 12.9. The van der Waals surface area contributed by atoms with E-state index in [2.05, 4.69) is 0 Å². The van der Waals surface area contributed by atoms with E-state index in [4.69, 9.17) is 5.11 Å². The van der Waals surface area contributed by atoms with E-state index in [1.54, 1.807) is 18.2 Å². The molecule has 2 aromatic carbocycles. The van der Waals surface area contributed by atoms with Gasteiger partial charge in [-0.3, -0.25) is 14.5 Å². The van der Waals surface area contributed by atoms with Crippen molar-refractivity contribution < 1.29 is 23.9 Å². The van der Waals surface area contributed by atoms with Gasteiger partial charge in [0.2, 0.25) is 0 Å². The van der Waals surface area contributed by atoms with Gasteiger partial charge in [-0.05, 0) is 53.2 Å². The van der Waals surface area contributed by atoms with Gasteiger partial charge in [-0.2, -0.15) is 0 Å². The first kappa shape index (κ1) is 16.9. The summed E-state index contributed by atoms with van der Waals surface area (Å²) in [5.41, 5.74) is 1.41. The highest BCUT2D eigenvalue weighted by atomic mass is 32.2. The molecule has 1 fully saturated rings. The molecule has 0 spiro atoms. The predicted octanol–water partition coefficient (Wildman–Crippen LogP) is 3.76. The number of carboxylic acids is 1. The number of hydrogen-bond donors (Lipinski definition) is 1. The zero-order valence-corrected chi connectivity index (χ0v) is 13.6. The minimum absolute atomic E-state index is 0.0697. The van der Waals surface area contributed by atoms with Crippen LogP contribution < -0.4 is 0 Å². The molecule has 0 atom stereocenters. The predicted molar refractivity (Wildman–Crippen MR) is 91.3 cm³/mol. The summed E-state index contributed by atoms with van der Waals surface area (Å²) in [4.78, 5) is 36.7. The largest absolute Gasteiger partial charge is 0.478 e. The van der Waals surface area contributed by atoms with Crippen molar-refractivity contribution in [1.29, 1.82) is 0 Å². The summed E-state index contributed by atoms with van der Waals surface area (Å²) in [7, 11) is 0. The van der Waals surface area contributed by atoms with Gasteiger partial charge in [0, 0.05) is 0 Å². The number of carbonyl (C=O) groups is 3. The fourth-order valence-corrected chi connectivity index (χ4v) is 3.12. The fourth-order valence-electron chi connectivity index (χ4n) is 2.28. The molecular formula is C18H12FNO4S. The Kier molecular flexibility index (Phi) is 4.67. The first-order chi connectivity index (χ1) is 11.9. The monoisotopic (exact) mass is 357 g/mol. The van der Waals surface area contributed by atoms with Crippen molar-refractivity contribution in [1.82, 2.24) is 4.90 Å². The van der Waals surface area contributed by atoms with Crippen molar-refractivity contribution >= 4 is 35.0 Å². The van der Waals surface area contributed by atoms with Crippen LogP contribution in [0.5, 0.6) is 0 Å². The zero-order chi connectivity index (χ0) is 18.0. The molecule has 1 heterocycles. The second kappa shape index (κ2) is 6.90. The standard InChI is InChI=1S/C18H12FNO4S/c19-14-7-3-12(4-8-14)10-20-16(21)15(25-18(20)24)9-11-1-5-13(6-2-11)17(22)23/h1-9H,10H2,(H,22,23)/b15-9-. The third kappa shape index (κ3) is 3.77. The molecule has 0 radical (unpaired) electrons. The average molecular weight is 357 g/mol. The molecule has 1 aliphatic heterocycles. The van der Waals surface area contributed by atoms with E-state index in [0.29, 0.717) is 11.1 Å². The molecule has 1 N–H and O–H groups in total. The van der Waals surface area contributed by atoms with Crippen molar-refractivity contribution in [3.8, 4) is 0 Å². The van der Waals surface area contributed by atoms with Gasteiger partial charge in [0.25, 0.3) is 11.1 Å². The minimum atomic E-state index is -1.04. The van der Waals surface area contributed by atoms with Gasteiger partial charge >= 0.3 is 5.97 Å². The maximum Gasteiger partial charge on any atom is 0.335 e. The van der Waals surface area contributed by atoms with E-state index in [9.17, 15) is 18.8 Å². The first-order valence-electron chi connectivity index (χ1n) is 7.27. The number of carbonyl (C=O) groups excluding carboxylic acids is 2. The molecule has 2 aromatic rings. The maximum atomic E-state index is 12.9. The summed E-state index contributed by atoms with van der Waals surface area (Å²) >= 11 is 0.818. The van der Waals surface area contributed by atoms with Crippen LogP contribution in [0.4, 0.5) is 9.18 Å². The van der Waals surface area contributed by atoms with E-state index in [1.165, 1.54) is 36.4 Å². The van der Waals surface area contributed by atoms with E-state index < -0.39 is 17.1 Å². The molecule has 5 nitrogen and oxygen atoms in total. The average Bonchev–Trinajstić information content (AvgIpc) is 2.85. The smallest absolute Gasteiger partial charge is 0.335 e. The zero-order valence-electron chi connectivity index (χ0n) is 12.8. The molecule has 7 heteroatoms. The third-order valence-corrected chi connectivity index (χ3v) is 4.49. The molecule has 1 aliphatic rings. The lowest BCUT2D eigenvalue weighted by atomic mass is 10.1. The Labute approximate surface area is 146 Å². The number of carboxylic acid groups (broad SMARTS) is 1. The van der Waals surface area contributed by atoms with Crippen molar-refractivity contribution in [3.63, 3.8) is 0 Å². The number of nitrogens with zero attached hydrogens (tertiary/aromatic N) is 1. The first-order valence-corrected chi connectivity index (χ1v) is 8.09. The van der Waals surface area contributed by atoms with Gasteiger partial charge in [-0.15, -0.1) is 0 Å². The molecular weight excluding hydrogens is 345 g/mol. The lowest BCUT2D eigenvalue weighted by molar-refractivity contribution is -0.123. The Morgan fingerprint density at radius 2 is 1.72 bits per heavy atom. The molecule has 0 aromatic heterocycles. The number of thioether (sulfide) groups is 1. The van der Waals surface area contributed by atoms with Crippen LogP contribution >= 0.6 is 11.8 Å². The highest BCUT2D eigenvalue weighted by Gasteiger charge is 2.34. The van der Waals surface area contributed by atoms with Gasteiger partial charge in [0.15, 0.2) is 0 Å². The molecule has 1 saturated heterocycles. The van der Waals surface area contributed by atoms with Gasteiger partial charge in [0.1, 0.15) is 5.82 Å². The topological polar surface area (TPSA) is 74.7 Å². The molecule has 0 bridgehead atoms. The van der Waals surface area contributed by atoms with Gasteiger partial charge in [0.05, 0.1) is 17.0 Å². The minimum Gasteiger partial charge on any atom is -0.478 e. The fraction of sp³-hybridized carbons (Fsp3) is 0.0556. The van der Waals surface area contributed by atoms with Crippen molar-refractivity contribution in [2.45, 2.75) is 6.54 Å². The molecule has 25 heavy (non-hydrogen) atoms. The number of aromatic carboxylic acids is 1. The van der Waals surface area contributed by atoms with E-state index in [0.717, 1.165) is 16.7 Å². The van der Waals surface area contributed by atoms with E-state index >= 15 is 0 Å². The highest BCUT2D eigenvalue weighted by Crippen LogP contribution is 2.33. The molecule has 2 amide bonds. The Morgan fingerprint density at radius 3 is 2.32 bits per heavy atom. The number of amides is 2. The van der Waals surface area contributed by atoms with Crippen LogP contribution in [0.3, 0.4) is 0 Å². The van der Waals surface area contributed by atoms with Crippen molar-refractivity contribution in [2.24, 2.45) is 0 Å². The normalized spacial score (nSPS) is 15.9. The van der Waals surface area contributed by atoms with Crippen molar-refractivity contribution in [3.05, 3.63) is 75.9 Å². The van der Waals surface area contributed by atoms with E-state index in [1.807, 2.05) is 0 Å². The Morgan fingerprint density at radius 1 is 1.08 bits per heavy atom. The van der Waals surface area contributed by atoms with Crippen LogP contribution in [0.25, 0.3) is 6.08 Å². The van der Waals surface area contributed by atoms with Crippen molar-refractivity contribution in [2.75, 3.05) is 0 Å². The van der Waals surface area contributed by atoms with Crippen LogP contribution in [0.2, 0.25) is 0 Å². The summed E-state index contributed by atoms with van der Waals surface area (Å²) in [6.07, 6.45) is 1.54. The number of rotatable bonds is 4. The molecule has 0 unspecified atom stereocenters. The van der Waals surface area contributed by atoms with Crippen LogP contribution in [0.15, 0.2) is 53.4 Å². The number of imide groups is 1. The molecule has 126 valence electrons. The SMILES string of the molecule is O=C(O)c1ccc(/C=C2\SC(=O)N(Cc3ccc(F)cc3)C2=O)cc1. The van der Waals surface area contributed by atoms with Crippen LogP contribution in [-0.4, -0.2) is 27.1 Å². The summed E-state index contributed by atoms with van der Waals surface area (Å²) in [6.45, 7) is 0.0697. The lowest BCUT2D eigenvalue weighted by Gasteiger charge is -2.12. The van der Waals surface area contributed by atoms with E-state index in [-0.39, 0.29) is 22.8 Å². The van der Waals surface area contributed by atoms with Gasteiger partial charge < -0.3 is 5.11 Å². The summed E-state index contributed by atoms with van der Waals surface area (Å²) in [5, 5.41) is 8.48. The maximum absolute atomic E-state index is 12.9. The number of halogens is 1. The summed E-state index contributed by atoms with van der Waals surface area (Å²) in [6, 6.07) is 11.6. The van der Waals surface area contributed by atoms with Gasteiger partial charge in [-0.1, -0.05) is 24.3 Å². The van der Waals surface area contributed by atoms with Gasteiger partial charge in [-0.25, -0.2) is 9.18 Å². The van der Waals surface area contributed by atoms with Crippen LogP contribution in [0, 0.1) is 5.82 Å². The van der Waals surface area contributed by atoms with Crippen LogP contribution in [0.1, 0.15) is 21.5 Å². The number of hydrogen-bond acceptors (Lipinski definition) is 4. The second-order valence-electron chi connectivity index (χ2n) is 5.32. The highest BCUT2D eigenvalue weighted by molar-refractivity contribution is 8.18. The Balaban J connectivity index is 1.78. The number of benzene rings is 2.